The van der Waals surface area contributed by atoms with Crippen LogP contribution in [0.5, 0.6) is 0 Å². The lowest BCUT2D eigenvalue weighted by Gasteiger charge is -2.54. The van der Waals surface area contributed by atoms with E-state index in [-0.39, 0.29) is 17.4 Å². The summed E-state index contributed by atoms with van der Waals surface area (Å²) in [5.74, 6) is 2.04. The van der Waals surface area contributed by atoms with Gasteiger partial charge in [-0.05, 0) is 80.0 Å². The molecular weight excluding hydrogens is 712 g/mol. The highest BCUT2D eigenvalue weighted by Crippen LogP contribution is 2.62. The first kappa shape index (κ1) is 42.7. The van der Waals surface area contributed by atoms with Crippen molar-refractivity contribution < 1.29 is 79.5 Å². The van der Waals surface area contributed by atoms with Gasteiger partial charge in [-0.1, -0.05) is 38.8 Å². The van der Waals surface area contributed by atoms with Gasteiger partial charge in [-0.3, -0.25) is 0 Å². The first-order valence-electron chi connectivity index (χ1n) is 19.7. The van der Waals surface area contributed by atoms with Gasteiger partial charge in [-0.15, -0.1) is 0 Å². The monoisotopic (exact) mass is 776 g/mol. The topological polar surface area (TPSA) is 258 Å². The predicted molar refractivity (Wildman–Crippen MR) is 187 cm³/mol. The molecule has 3 saturated carbocycles. The Kier molecular flexibility index (Phi) is 13.6. The van der Waals surface area contributed by atoms with Crippen LogP contribution in [0.1, 0.15) is 72.1 Å². The fourth-order valence-electron chi connectivity index (χ4n) is 10.4. The van der Waals surface area contributed by atoms with Crippen LogP contribution in [0.2, 0.25) is 0 Å². The van der Waals surface area contributed by atoms with Crippen LogP contribution < -0.4 is 0 Å². The molecule has 2 unspecified atom stereocenters. The summed E-state index contributed by atoms with van der Waals surface area (Å²) in [5, 5.41) is 105. The third-order valence-electron chi connectivity index (χ3n) is 13.8. The van der Waals surface area contributed by atoms with Crippen molar-refractivity contribution in [3.8, 4) is 0 Å². The summed E-state index contributed by atoms with van der Waals surface area (Å²) >= 11 is 0. The Morgan fingerprint density at radius 1 is 0.648 bits per heavy atom. The SMILES string of the molecule is C=C(C)[C@@H]1CCC[C@]2(C)CCC[C@@](C)(CO[C@@H]3O[C@H](CO)[C@@H](O)[C@H](O[C@@H]4O[C@H](CO)[C@@H](O)[C@H](O)[C@H]4O)[C@H]3O[C@@H]3O[C@H](CO)[C@@H](O)[C@H](O)[C@H]3O)[C@H]2CC2CC21. The predicted octanol–water partition coefficient (Wildman–Crippen LogP) is -1.33. The minimum atomic E-state index is -1.87. The van der Waals surface area contributed by atoms with E-state index in [2.05, 4.69) is 27.4 Å². The summed E-state index contributed by atoms with van der Waals surface area (Å²) in [6, 6.07) is 0. The molecule has 3 saturated heterocycles. The Labute approximate surface area is 316 Å². The molecule has 6 aliphatic rings. The zero-order chi connectivity index (χ0) is 39.3. The first-order valence-corrected chi connectivity index (χ1v) is 19.7. The molecule has 0 aromatic carbocycles. The number of hydrogen-bond acceptors (Lipinski definition) is 16. The molecule has 0 aromatic rings. The average Bonchev–Trinajstić information content (AvgIpc) is 3.90. The highest BCUT2D eigenvalue weighted by molar-refractivity contribution is 5.10. The van der Waals surface area contributed by atoms with E-state index in [9.17, 15) is 51.1 Å². The third-order valence-corrected chi connectivity index (χ3v) is 13.8. The molecule has 6 fully saturated rings. The molecule has 54 heavy (non-hydrogen) atoms. The Balaban J connectivity index is 1.29. The van der Waals surface area contributed by atoms with E-state index in [1.54, 1.807) is 0 Å². The van der Waals surface area contributed by atoms with Crippen molar-refractivity contribution >= 4 is 0 Å². The van der Waals surface area contributed by atoms with Gasteiger partial charge in [0.2, 0.25) is 0 Å². The molecule has 16 heteroatoms. The molecule has 312 valence electrons. The van der Waals surface area contributed by atoms with E-state index in [4.69, 9.17) is 28.4 Å². The van der Waals surface area contributed by atoms with E-state index in [0.29, 0.717) is 23.7 Å². The van der Waals surface area contributed by atoms with Crippen molar-refractivity contribution in [2.75, 3.05) is 26.4 Å². The van der Waals surface area contributed by atoms with Gasteiger partial charge in [-0.2, -0.15) is 0 Å². The second-order valence-corrected chi connectivity index (χ2v) is 17.6. The van der Waals surface area contributed by atoms with Crippen LogP contribution in [0.3, 0.4) is 0 Å². The summed E-state index contributed by atoms with van der Waals surface area (Å²) in [6.07, 6.45) is -16.0. The van der Waals surface area contributed by atoms with E-state index < -0.39 is 112 Å². The normalized spacial score (nSPS) is 52.6. The molecule has 21 atom stereocenters. The molecule has 0 radical (unpaired) electrons. The molecular formula is C38H64O16. The summed E-state index contributed by atoms with van der Waals surface area (Å²) < 4.78 is 36.3. The Morgan fingerprint density at radius 2 is 1.17 bits per heavy atom. The lowest BCUT2D eigenvalue weighted by atomic mass is 9.53. The fraction of sp³-hybridized carbons (Fsp3) is 0.947. The minimum Gasteiger partial charge on any atom is -0.394 e. The molecule has 16 nitrogen and oxygen atoms in total. The molecule has 0 spiro atoms. The zero-order valence-corrected chi connectivity index (χ0v) is 31.6. The van der Waals surface area contributed by atoms with Crippen LogP contribution in [0.4, 0.5) is 0 Å². The third kappa shape index (κ3) is 8.33. The number of hydrogen-bond donors (Lipinski definition) is 10. The Hall–Kier alpha value is -0.900. The largest absolute Gasteiger partial charge is 0.394 e. The molecule has 3 aliphatic heterocycles. The van der Waals surface area contributed by atoms with Gasteiger partial charge in [0.1, 0.15) is 73.2 Å². The summed E-state index contributed by atoms with van der Waals surface area (Å²) in [6.45, 7) is 9.06. The van der Waals surface area contributed by atoms with Gasteiger partial charge in [-0.25, -0.2) is 0 Å². The van der Waals surface area contributed by atoms with Crippen LogP contribution in [0.25, 0.3) is 0 Å². The molecule has 3 heterocycles. The van der Waals surface area contributed by atoms with E-state index in [1.165, 1.54) is 12.0 Å². The smallest absolute Gasteiger partial charge is 0.187 e. The zero-order valence-electron chi connectivity index (χ0n) is 31.6. The number of aliphatic hydroxyl groups excluding tert-OH is 10. The quantitative estimate of drug-likeness (QED) is 0.109. The summed E-state index contributed by atoms with van der Waals surface area (Å²) in [7, 11) is 0. The molecule has 3 aliphatic carbocycles. The van der Waals surface area contributed by atoms with Crippen LogP contribution in [-0.2, 0) is 28.4 Å². The highest BCUT2D eigenvalue weighted by atomic mass is 16.8. The van der Waals surface area contributed by atoms with Crippen LogP contribution in [0.15, 0.2) is 12.2 Å². The second-order valence-electron chi connectivity index (χ2n) is 17.6. The number of ether oxygens (including phenoxy) is 6. The first-order chi connectivity index (χ1) is 25.6. The molecule has 0 aromatic heterocycles. The van der Waals surface area contributed by atoms with Gasteiger partial charge >= 0.3 is 0 Å². The standard InChI is InChI=1S/C38H64O16/c1-17(2)19-7-5-8-37(3)9-6-10-38(4,24(37)12-18-11-20(18)19)16-49-36-33(54-35-31(48)29(46)26(43)22(14-40)51-35)32(27(44)23(15-41)52-36)53-34-30(47)28(45)25(42)21(13-39)50-34/h18-36,39-48H,1,5-16H2,2-4H3/t18?,19-,20?,21+,22+,23+,24-,25+,26+,27+,28-,29-,30+,31+,32-,33+,34-,35-,36+,37+,38-/m0/s1. The number of allylic oxidation sites excluding steroid dienone is 1. The van der Waals surface area contributed by atoms with E-state index >= 15 is 0 Å². The minimum absolute atomic E-state index is 0.0612. The molecule has 0 amide bonds. The molecule has 6 rings (SSSR count). The van der Waals surface area contributed by atoms with E-state index in [1.807, 2.05) is 0 Å². The lowest BCUT2D eigenvalue weighted by molar-refractivity contribution is -0.394. The second kappa shape index (κ2) is 17.1. The van der Waals surface area contributed by atoms with Gasteiger partial charge in [0.15, 0.2) is 18.9 Å². The highest BCUT2D eigenvalue weighted by Gasteiger charge is 2.57. The number of fused-ring (bicyclic) bond motifs is 2. The van der Waals surface area contributed by atoms with Gasteiger partial charge in [0, 0.05) is 0 Å². The Morgan fingerprint density at radius 3 is 1.72 bits per heavy atom. The van der Waals surface area contributed by atoms with Crippen LogP contribution >= 0.6 is 0 Å². The molecule has 0 bridgehead atoms. The van der Waals surface area contributed by atoms with Crippen molar-refractivity contribution in [3.63, 3.8) is 0 Å². The van der Waals surface area contributed by atoms with Crippen LogP contribution in [0, 0.1) is 34.5 Å². The van der Waals surface area contributed by atoms with Gasteiger partial charge < -0.3 is 79.5 Å². The van der Waals surface area contributed by atoms with Crippen molar-refractivity contribution in [3.05, 3.63) is 12.2 Å². The van der Waals surface area contributed by atoms with Crippen molar-refractivity contribution in [1.82, 2.24) is 0 Å². The van der Waals surface area contributed by atoms with Crippen LogP contribution in [-0.4, -0.2) is 170 Å². The van der Waals surface area contributed by atoms with Gasteiger partial charge in [0.05, 0.1) is 26.4 Å². The van der Waals surface area contributed by atoms with E-state index in [0.717, 1.165) is 44.9 Å². The average molecular weight is 777 g/mol. The Bertz CT molecular complexity index is 1260. The number of aliphatic hydroxyl groups is 10. The van der Waals surface area contributed by atoms with Crippen molar-refractivity contribution in [1.29, 1.82) is 0 Å². The maximum Gasteiger partial charge on any atom is 0.187 e. The maximum atomic E-state index is 11.5. The van der Waals surface area contributed by atoms with Crippen molar-refractivity contribution in [2.45, 2.75) is 164 Å². The maximum absolute atomic E-state index is 11.5. The molecule has 10 N–H and O–H groups in total. The summed E-state index contributed by atoms with van der Waals surface area (Å²) in [5.41, 5.74) is 0.981. The summed E-state index contributed by atoms with van der Waals surface area (Å²) in [4.78, 5) is 0. The van der Waals surface area contributed by atoms with Crippen molar-refractivity contribution in [2.24, 2.45) is 34.5 Å². The lowest BCUT2D eigenvalue weighted by Crippen LogP contribution is -2.67. The van der Waals surface area contributed by atoms with Gasteiger partial charge in [0.25, 0.3) is 0 Å². The fourth-order valence-corrected chi connectivity index (χ4v) is 10.4. The number of rotatable bonds is 11.